The summed E-state index contributed by atoms with van der Waals surface area (Å²) in [6.45, 7) is 5.03. The van der Waals surface area contributed by atoms with E-state index in [2.05, 4.69) is 0 Å². The average Bonchev–Trinajstić information content (AvgIpc) is 2.70. The number of para-hydroxylation sites is 3. The summed E-state index contributed by atoms with van der Waals surface area (Å²) < 4.78 is 10.9. The third-order valence-electron chi connectivity index (χ3n) is 4.71. The molecule has 1 saturated heterocycles. The normalized spacial score (nSPS) is 17.0. The van der Waals surface area contributed by atoms with Gasteiger partial charge in [0.1, 0.15) is 17.5 Å². The van der Waals surface area contributed by atoms with Crippen molar-refractivity contribution in [2.24, 2.45) is 0 Å². The highest BCUT2D eigenvalue weighted by atomic mass is 16.5. The molecule has 142 valence electrons. The van der Waals surface area contributed by atoms with Crippen molar-refractivity contribution in [1.29, 1.82) is 0 Å². The number of carbonyl (C=O) groups is 2. The van der Waals surface area contributed by atoms with Gasteiger partial charge >= 0.3 is 0 Å². The molecule has 27 heavy (non-hydrogen) atoms. The molecule has 1 fully saturated rings. The minimum Gasteiger partial charge on any atom is -0.496 e. The number of rotatable bonds is 5. The zero-order chi connectivity index (χ0) is 19.4. The van der Waals surface area contributed by atoms with Crippen LogP contribution in [0.2, 0.25) is 0 Å². The van der Waals surface area contributed by atoms with Crippen LogP contribution in [0.5, 0.6) is 11.5 Å². The van der Waals surface area contributed by atoms with E-state index in [0.717, 1.165) is 5.69 Å². The fraction of sp³-hybridized carbons (Fsp3) is 0.333. The van der Waals surface area contributed by atoms with Crippen LogP contribution in [0.15, 0.2) is 48.5 Å². The molecule has 3 rings (SSSR count). The SMILES string of the molecule is CCOc1ccccc1N1CCN(C(=O)c2ccccc2OC)C(C)C1=O. The molecule has 1 atom stereocenters. The van der Waals surface area contributed by atoms with Crippen LogP contribution < -0.4 is 14.4 Å². The zero-order valence-electron chi connectivity index (χ0n) is 15.8. The van der Waals surface area contributed by atoms with Gasteiger partial charge in [0.25, 0.3) is 5.91 Å². The second-order valence-electron chi connectivity index (χ2n) is 6.27. The van der Waals surface area contributed by atoms with Gasteiger partial charge in [-0.05, 0) is 38.1 Å². The maximum Gasteiger partial charge on any atom is 0.258 e. The van der Waals surface area contributed by atoms with Crippen molar-refractivity contribution in [3.8, 4) is 11.5 Å². The van der Waals surface area contributed by atoms with Crippen LogP contribution in [0, 0.1) is 0 Å². The van der Waals surface area contributed by atoms with Crippen LogP contribution in [0.25, 0.3) is 0 Å². The minimum absolute atomic E-state index is 0.128. The Labute approximate surface area is 159 Å². The first-order valence-corrected chi connectivity index (χ1v) is 9.05. The fourth-order valence-electron chi connectivity index (χ4n) is 3.32. The summed E-state index contributed by atoms with van der Waals surface area (Å²) in [6, 6.07) is 14.0. The van der Waals surface area contributed by atoms with Crippen molar-refractivity contribution in [3.63, 3.8) is 0 Å². The Hall–Kier alpha value is -3.02. The first-order chi connectivity index (χ1) is 13.1. The molecule has 2 aromatic rings. The summed E-state index contributed by atoms with van der Waals surface area (Å²) in [7, 11) is 1.53. The summed E-state index contributed by atoms with van der Waals surface area (Å²) >= 11 is 0. The van der Waals surface area contributed by atoms with Gasteiger partial charge < -0.3 is 19.3 Å². The van der Waals surface area contributed by atoms with Crippen molar-refractivity contribution in [3.05, 3.63) is 54.1 Å². The molecule has 1 heterocycles. The lowest BCUT2D eigenvalue weighted by Crippen LogP contribution is -2.57. The maximum absolute atomic E-state index is 13.0. The van der Waals surface area contributed by atoms with Gasteiger partial charge in [0.15, 0.2) is 0 Å². The first-order valence-electron chi connectivity index (χ1n) is 9.05. The molecular weight excluding hydrogens is 344 g/mol. The Morgan fingerprint density at radius 3 is 2.44 bits per heavy atom. The van der Waals surface area contributed by atoms with Gasteiger partial charge in [0, 0.05) is 13.1 Å². The highest BCUT2D eigenvalue weighted by molar-refractivity contribution is 6.04. The third kappa shape index (κ3) is 3.60. The zero-order valence-corrected chi connectivity index (χ0v) is 15.8. The van der Waals surface area contributed by atoms with E-state index >= 15 is 0 Å². The van der Waals surface area contributed by atoms with E-state index < -0.39 is 6.04 Å². The molecule has 0 saturated carbocycles. The number of anilines is 1. The number of hydrogen-bond acceptors (Lipinski definition) is 4. The number of carbonyl (C=O) groups excluding carboxylic acids is 2. The number of piperazine rings is 1. The molecule has 0 bridgehead atoms. The van der Waals surface area contributed by atoms with Gasteiger partial charge in [-0.3, -0.25) is 9.59 Å². The van der Waals surface area contributed by atoms with E-state index in [-0.39, 0.29) is 11.8 Å². The monoisotopic (exact) mass is 368 g/mol. The summed E-state index contributed by atoms with van der Waals surface area (Å²) in [5, 5.41) is 0. The van der Waals surface area contributed by atoms with E-state index in [1.165, 1.54) is 7.11 Å². The molecule has 1 aliphatic rings. The van der Waals surface area contributed by atoms with Gasteiger partial charge in [-0.15, -0.1) is 0 Å². The van der Waals surface area contributed by atoms with E-state index in [0.29, 0.717) is 36.8 Å². The Balaban J connectivity index is 1.84. The van der Waals surface area contributed by atoms with Crippen LogP contribution >= 0.6 is 0 Å². The van der Waals surface area contributed by atoms with Crippen LogP contribution in [0.4, 0.5) is 5.69 Å². The molecule has 0 N–H and O–H groups in total. The molecular formula is C21H24N2O4. The van der Waals surface area contributed by atoms with Gasteiger partial charge in [-0.1, -0.05) is 24.3 Å². The molecule has 0 aliphatic carbocycles. The standard InChI is InChI=1S/C21H24N2O4/c1-4-27-19-12-8-6-10-17(19)23-14-13-22(15(2)20(23)24)21(25)16-9-5-7-11-18(16)26-3/h5-12,15H,4,13-14H2,1-3H3. The number of benzene rings is 2. The van der Waals surface area contributed by atoms with E-state index in [1.807, 2.05) is 37.3 Å². The van der Waals surface area contributed by atoms with E-state index in [9.17, 15) is 9.59 Å². The van der Waals surface area contributed by atoms with Gasteiger partial charge in [-0.2, -0.15) is 0 Å². The molecule has 6 heteroatoms. The lowest BCUT2D eigenvalue weighted by Gasteiger charge is -2.39. The third-order valence-corrected chi connectivity index (χ3v) is 4.71. The predicted molar refractivity (Wildman–Crippen MR) is 103 cm³/mol. The molecule has 2 amide bonds. The first kappa shape index (κ1) is 18.8. The molecule has 0 aromatic heterocycles. The molecule has 0 radical (unpaired) electrons. The number of ether oxygens (including phenoxy) is 2. The fourth-order valence-corrected chi connectivity index (χ4v) is 3.32. The van der Waals surface area contributed by atoms with Crippen LogP contribution in [0.3, 0.4) is 0 Å². The molecule has 1 aliphatic heterocycles. The molecule has 1 unspecified atom stereocenters. The van der Waals surface area contributed by atoms with Crippen LogP contribution in [-0.4, -0.2) is 49.6 Å². The number of hydrogen-bond donors (Lipinski definition) is 0. The maximum atomic E-state index is 13.0. The highest BCUT2D eigenvalue weighted by Crippen LogP contribution is 2.31. The van der Waals surface area contributed by atoms with Crippen LogP contribution in [-0.2, 0) is 4.79 Å². The molecule has 0 spiro atoms. The minimum atomic E-state index is -0.578. The van der Waals surface area contributed by atoms with Crippen molar-refractivity contribution in [2.45, 2.75) is 19.9 Å². The summed E-state index contributed by atoms with van der Waals surface area (Å²) in [5.41, 5.74) is 1.20. The number of amides is 2. The Bertz CT molecular complexity index is 836. The largest absolute Gasteiger partial charge is 0.496 e. The molecule has 6 nitrogen and oxygen atoms in total. The number of methoxy groups -OCH3 is 1. The van der Waals surface area contributed by atoms with E-state index in [4.69, 9.17) is 9.47 Å². The van der Waals surface area contributed by atoms with Gasteiger partial charge in [-0.25, -0.2) is 0 Å². The lowest BCUT2D eigenvalue weighted by atomic mass is 10.1. The second kappa shape index (κ2) is 8.12. The van der Waals surface area contributed by atoms with Crippen molar-refractivity contribution in [2.75, 3.05) is 31.7 Å². The number of nitrogens with zero attached hydrogens (tertiary/aromatic N) is 2. The summed E-state index contributed by atoms with van der Waals surface area (Å²) in [4.78, 5) is 29.3. The quantitative estimate of drug-likeness (QED) is 0.814. The van der Waals surface area contributed by atoms with Crippen molar-refractivity contribution >= 4 is 17.5 Å². The summed E-state index contributed by atoms with van der Waals surface area (Å²) in [5.74, 6) is 0.846. The van der Waals surface area contributed by atoms with Crippen LogP contribution in [0.1, 0.15) is 24.2 Å². The highest BCUT2D eigenvalue weighted by Gasteiger charge is 2.36. The average molecular weight is 368 g/mol. The van der Waals surface area contributed by atoms with Gasteiger partial charge in [0.2, 0.25) is 5.91 Å². The van der Waals surface area contributed by atoms with Crippen molar-refractivity contribution < 1.29 is 19.1 Å². The van der Waals surface area contributed by atoms with Crippen molar-refractivity contribution in [1.82, 2.24) is 4.90 Å². The second-order valence-corrected chi connectivity index (χ2v) is 6.27. The van der Waals surface area contributed by atoms with Gasteiger partial charge in [0.05, 0.1) is 25.0 Å². The topological polar surface area (TPSA) is 59.1 Å². The Morgan fingerprint density at radius 2 is 1.74 bits per heavy atom. The molecule has 2 aromatic carbocycles. The summed E-state index contributed by atoms with van der Waals surface area (Å²) in [6.07, 6.45) is 0. The Kier molecular flexibility index (Phi) is 5.64. The smallest absolute Gasteiger partial charge is 0.258 e. The Morgan fingerprint density at radius 1 is 1.07 bits per heavy atom. The van der Waals surface area contributed by atoms with E-state index in [1.54, 1.807) is 34.9 Å². The lowest BCUT2D eigenvalue weighted by molar-refractivity contribution is -0.124. The predicted octanol–water partition coefficient (Wildman–Crippen LogP) is 2.97.